The fourth-order valence-corrected chi connectivity index (χ4v) is 3.90. The average molecular weight is 458 g/mol. The zero-order chi connectivity index (χ0) is 23.0. The molecule has 4 rings (SSSR count). The summed E-state index contributed by atoms with van der Waals surface area (Å²) in [7, 11) is 0. The van der Waals surface area contributed by atoms with Gasteiger partial charge in [-0.25, -0.2) is 0 Å². The molecule has 33 heavy (non-hydrogen) atoms. The van der Waals surface area contributed by atoms with Gasteiger partial charge in [0.1, 0.15) is 5.76 Å². The summed E-state index contributed by atoms with van der Waals surface area (Å²) in [6.07, 6.45) is 8.43. The molecule has 164 valence electrons. The number of carbonyl (C=O) groups is 1. The second-order valence-electron chi connectivity index (χ2n) is 6.85. The predicted octanol–water partition coefficient (Wildman–Crippen LogP) is 5.36. The van der Waals surface area contributed by atoms with Crippen LogP contribution in [0.4, 0.5) is 5.69 Å². The van der Waals surface area contributed by atoms with Crippen LogP contribution in [0.25, 0.3) is 12.2 Å². The fraction of sp³-hybridized carbons (Fsp3) is 0.0417. The molecule has 0 bridgehead atoms. The van der Waals surface area contributed by atoms with Gasteiger partial charge in [-0.3, -0.25) is 19.8 Å². The summed E-state index contributed by atoms with van der Waals surface area (Å²) >= 11 is 1.18. The van der Waals surface area contributed by atoms with Crippen molar-refractivity contribution in [3.05, 3.63) is 111 Å². The number of furan rings is 1. The minimum Gasteiger partial charge on any atom is -0.467 e. The largest absolute Gasteiger partial charge is 0.467 e. The van der Waals surface area contributed by atoms with Gasteiger partial charge < -0.3 is 4.42 Å². The highest BCUT2D eigenvalue weighted by molar-refractivity contribution is 8.18. The maximum Gasteiger partial charge on any atom is 0.269 e. The highest BCUT2D eigenvalue weighted by Crippen LogP contribution is 2.34. The monoisotopic (exact) mass is 458 g/mol. The van der Waals surface area contributed by atoms with Crippen molar-refractivity contribution in [3.8, 4) is 0 Å². The lowest BCUT2D eigenvalue weighted by Crippen LogP contribution is -2.28. The molecule has 0 spiro atoms. The van der Waals surface area contributed by atoms with Crippen LogP contribution in [0.2, 0.25) is 0 Å². The van der Waals surface area contributed by atoms with Crippen molar-refractivity contribution in [2.75, 3.05) is 0 Å². The first-order chi connectivity index (χ1) is 16.1. The van der Waals surface area contributed by atoms with Crippen LogP contribution in [-0.4, -0.2) is 27.1 Å². The Bertz CT molecular complexity index is 1250. The molecule has 9 heteroatoms. The summed E-state index contributed by atoms with van der Waals surface area (Å²) < 4.78 is 5.38. The fourth-order valence-electron chi connectivity index (χ4n) is 2.96. The number of amides is 1. The first-order valence-corrected chi connectivity index (χ1v) is 10.7. The molecule has 2 heterocycles. The molecular formula is C24H18N4O4S. The highest BCUT2D eigenvalue weighted by atomic mass is 32.2. The first-order valence-electron chi connectivity index (χ1n) is 9.91. The summed E-state index contributed by atoms with van der Waals surface area (Å²) in [4.78, 5) is 25.3. The molecule has 0 aliphatic carbocycles. The van der Waals surface area contributed by atoms with E-state index < -0.39 is 4.92 Å². The molecule has 3 aromatic rings. The number of non-ortho nitro benzene ring substituents is 1. The van der Waals surface area contributed by atoms with Gasteiger partial charge in [-0.05, 0) is 59.3 Å². The van der Waals surface area contributed by atoms with Gasteiger partial charge in [0.15, 0.2) is 5.17 Å². The number of hydrogen-bond acceptors (Lipinski definition) is 7. The quantitative estimate of drug-likeness (QED) is 0.205. The lowest BCUT2D eigenvalue weighted by Gasteiger charge is -2.12. The van der Waals surface area contributed by atoms with E-state index in [1.807, 2.05) is 36.4 Å². The second-order valence-corrected chi connectivity index (χ2v) is 7.86. The lowest BCUT2D eigenvalue weighted by molar-refractivity contribution is -0.384. The van der Waals surface area contributed by atoms with E-state index in [4.69, 9.17) is 4.42 Å². The third kappa shape index (κ3) is 5.72. The third-order valence-corrected chi connectivity index (χ3v) is 5.57. The van der Waals surface area contributed by atoms with Crippen LogP contribution in [-0.2, 0) is 11.3 Å². The van der Waals surface area contributed by atoms with Crippen molar-refractivity contribution in [2.24, 2.45) is 10.2 Å². The number of nitro benzene ring substituents is 1. The lowest BCUT2D eigenvalue weighted by atomic mass is 10.2. The summed E-state index contributed by atoms with van der Waals surface area (Å²) in [6.45, 7) is 0.213. The number of benzene rings is 2. The Labute approximate surface area is 193 Å². The Morgan fingerprint density at radius 3 is 2.52 bits per heavy atom. The minimum atomic E-state index is -0.466. The van der Waals surface area contributed by atoms with Crippen molar-refractivity contribution in [3.63, 3.8) is 0 Å². The molecule has 1 saturated heterocycles. The number of thioether (sulfide) groups is 1. The van der Waals surface area contributed by atoms with E-state index in [-0.39, 0.29) is 18.1 Å². The maximum absolute atomic E-state index is 13.0. The standard InChI is InChI=1S/C24H18N4O4S/c29-23-22(16-19-10-12-20(13-11-19)28(30)31)33-24(27(23)17-21-9-5-15-32-21)26-25-14-4-8-18-6-2-1-3-7-18/h1-16H,17H2/b8-4+,22-16-,25-14+,26-24-. The van der Waals surface area contributed by atoms with Gasteiger partial charge in [0, 0.05) is 18.3 Å². The Morgan fingerprint density at radius 1 is 1.03 bits per heavy atom. The Morgan fingerprint density at radius 2 is 1.82 bits per heavy atom. The van der Waals surface area contributed by atoms with Crippen LogP contribution in [0.3, 0.4) is 0 Å². The van der Waals surface area contributed by atoms with Crippen molar-refractivity contribution in [1.29, 1.82) is 0 Å². The molecular weight excluding hydrogens is 440 g/mol. The van der Waals surface area contributed by atoms with Crippen LogP contribution in [0.15, 0.2) is 98.6 Å². The van der Waals surface area contributed by atoms with E-state index in [1.165, 1.54) is 28.8 Å². The number of nitro groups is 1. The van der Waals surface area contributed by atoms with Crippen molar-refractivity contribution in [1.82, 2.24) is 4.90 Å². The number of carbonyl (C=O) groups excluding carboxylic acids is 1. The molecule has 2 aromatic carbocycles. The number of nitrogens with zero attached hydrogens (tertiary/aromatic N) is 4. The van der Waals surface area contributed by atoms with Gasteiger partial charge in [-0.1, -0.05) is 36.4 Å². The third-order valence-electron chi connectivity index (χ3n) is 4.57. The molecule has 0 radical (unpaired) electrons. The van der Waals surface area contributed by atoms with E-state index >= 15 is 0 Å². The van der Waals surface area contributed by atoms with Gasteiger partial charge in [0.25, 0.3) is 11.6 Å². The van der Waals surface area contributed by atoms with Crippen molar-refractivity contribution >= 4 is 46.9 Å². The van der Waals surface area contributed by atoms with E-state index in [2.05, 4.69) is 10.2 Å². The van der Waals surface area contributed by atoms with E-state index in [1.54, 1.807) is 48.9 Å². The van der Waals surface area contributed by atoms with Gasteiger partial charge in [-0.2, -0.15) is 5.10 Å². The van der Waals surface area contributed by atoms with E-state index in [0.717, 1.165) is 5.56 Å². The Balaban J connectivity index is 1.55. The topological polar surface area (TPSA) is 101 Å². The Hall–Kier alpha value is -4.24. The molecule has 0 atom stereocenters. The summed E-state index contributed by atoms with van der Waals surface area (Å²) in [6, 6.07) is 19.3. The van der Waals surface area contributed by atoms with Crippen molar-refractivity contribution < 1.29 is 14.1 Å². The zero-order valence-corrected chi connectivity index (χ0v) is 18.1. The van der Waals surface area contributed by atoms with Gasteiger partial charge >= 0.3 is 0 Å². The average Bonchev–Trinajstić information content (AvgIpc) is 3.44. The molecule has 1 amide bonds. The van der Waals surface area contributed by atoms with Gasteiger partial charge in [-0.15, -0.1) is 5.10 Å². The van der Waals surface area contributed by atoms with Crippen molar-refractivity contribution in [2.45, 2.75) is 6.54 Å². The predicted molar refractivity (Wildman–Crippen MR) is 129 cm³/mol. The van der Waals surface area contributed by atoms with Gasteiger partial charge in [0.05, 0.1) is 22.6 Å². The number of hydrogen-bond donors (Lipinski definition) is 0. The first kappa shape index (κ1) is 22.0. The van der Waals surface area contributed by atoms with Crippen LogP contribution < -0.4 is 0 Å². The SMILES string of the molecule is O=C1/C(=C/c2ccc([N+](=O)[O-])cc2)S\C(=N/N=C/C=C/c2ccccc2)N1Cc1ccco1. The van der Waals surface area contributed by atoms with Crippen LogP contribution in [0, 0.1) is 10.1 Å². The molecule has 0 N–H and O–H groups in total. The van der Waals surface area contributed by atoms with Crippen LogP contribution in [0.1, 0.15) is 16.9 Å². The summed E-state index contributed by atoms with van der Waals surface area (Å²) in [5.74, 6) is 0.365. The molecule has 0 unspecified atom stereocenters. The smallest absolute Gasteiger partial charge is 0.269 e. The molecule has 0 saturated carbocycles. The number of amidine groups is 1. The van der Waals surface area contributed by atoms with Crippen LogP contribution >= 0.6 is 11.8 Å². The van der Waals surface area contributed by atoms with Gasteiger partial charge in [0.2, 0.25) is 0 Å². The minimum absolute atomic E-state index is 0.0119. The van der Waals surface area contributed by atoms with Crippen LogP contribution in [0.5, 0.6) is 0 Å². The summed E-state index contributed by atoms with van der Waals surface area (Å²) in [5.41, 5.74) is 1.70. The van der Waals surface area contributed by atoms with E-state index in [0.29, 0.717) is 21.4 Å². The molecule has 1 aliphatic rings. The normalized spacial score (nSPS) is 16.6. The molecule has 8 nitrogen and oxygen atoms in total. The maximum atomic E-state index is 13.0. The second kappa shape index (κ2) is 10.4. The number of rotatable bonds is 7. The zero-order valence-electron chi connectivity index (χ0n) is 17.3. The number of allylic oxidation sites excluding steroid dienone is 1. The van der Waals surface area contributed by atoms with E-state index in [9.17, 15) is 14.9 Å². The Kier molecular flexibility index (Phi) is 6.91. The summed E-state index contributed by atoms with van der Waals surface area (Å²) in [5, 5.41) is 19.6. The molecule has 1 fully saturated rings. The molecule has 1 aromatic heterocycles. The highest BCUT2D eigenvalue weighted by Gasteiger charge is 2.34. The molecule has 1 aliphatic heterocycles.